The van der Waals surface area contributed by atoms with Crippen molar-refractivity contribution in [3.8, 4) is 0 Å². The lowest BCUT2D eigenvalue weighted by Gasteiger charge is -2.21. The first-order valence-corrected chi connectivity index (χ1v) is 8.08. The lowest BCUT2D eigenvalue weighted by atomic mass is 10.1. The maximum atomic E-state index is 12.1. The van der Waals surface area contributed by atoms with Gasteiger partial charge >= 0.3 is 0 Å². The van der Waals surface area contributed by atoms with Gasteiger partial charge in [0.25, 0.3) is 0 Å². The van der Waals surface area contributed by atoms with Crippen molar-refractivity contribution in [2.75, 3.05) is 19.0 Å². The number of halogens is 1. The number of carbonyl (C=O) groups excluding carboxylic acids is 1. The van der Waals surface area contributed by atoms with E-state index in [-0.39, 0.29) is 16.8 Å². The zero-order valence-electron chi connectivity index (χ0n) is 9.93. The third kappa shape index (κ3) is 3.49. The van der Waals surface area contributed by atoms with Crippen LogP contribution in [0.15, 0.2) is 28.7 Å². The van der Waals surface area contributed by atoms with E-state index in [1.807, 2.05) is 18.2 Å². The molecule has 1 fully saturated rings. The molecular weight excluding hydrogens is 316 g/mol. The average molecular weight is 331 g/mol. The van der Waals surface area contributed by atoms with Crippen LogP contribution >= 0.6 is 15.9 Å². The maximum absolute atomic E-state index is 12.1. The molecule has 0 spiro atoms. The van der Waals surface area contributed by atoms with Gasteiger partial charge < -0.3 is 4.74 Å². The van der Waals surface area contributed by atoms with Crippen LogP contribution < -0.4 is 0 Å². The van der Waals surface area contributed by atoms with Crippen molar-refractivity contribution >= 4 is 32.5 Å². The zero-order valence-corrected chi connectivity index (χ0v) is 12.3. The summed E-state index contributed by atoms with van der Waals surface area (Å²) in [5, 5.41) is 0.102. The monoisotopic (exact) mass is 330 g/mol. The molecule has 0 amide bonds. The number of rotatable bonds is 4. The van der Waals surface area contributed by atoms with Gasteiger partial charge in [-0.1, -0.05) is 34.1 Å². The first-order chi connectivity index (χ1) is 8.68. The number of hydrogen-bond acceptors (Lipinski definition) is 3. The Morgan fingerprint density at radius 2 is 2.00 bits per heavy atom. The Kier molecular flexibility index (Phi) is 5.09. The number of Topliss-reactive ketones (excluding diaryl/α,β-unsaturated/α-hetero) is 1. The summed E-state index contributed by atoms with van der Waals surface area (Å²) in [6.45, 7) is 1.30. The molecule has 3 nitrogen and oxygen atoms in total. The highest BCUT2D eigenvalue weighted by molar-refractivity contribution is 9.10. The molecule has 0 bridgehead atoms. The molecule has 0 N–H and O–H groups in total. The fourth-order valence-electron chi connectivity index (χ4n) is 1.95. The van der Waals surface area contributed by atoms with Crippen LogP contribution in [0.2, 0.25) is 0 Å². The van der Waals surface area contributed by atoms with Crippen LogP contribution in [0.3, 0.4) is 0 Å². The minimum Gasteiger partial charge on any atom is -0.381 e. The van der Waals surface area contributed by atoms with Crippen LogP contribution in [-0.2, 0) is 15.5 Å². The zero-order chi connectivity index (χ0) is 13.0. The average Bonchev–Trinajstić information content (AvgIpc) is 2.40. The van der Waals surface area contributed by atoms with Crippen molar-refractivity contribution < 1.29 is 13.7 Å². The highest BCUT2D eigenvalue weighted by Crippen LogP contribution is 2.19. The van der Waals surface area contributed by atoms with Gasteiger partial charge in [0, 0.05) is 39.3 Å². The van der Waals surface area contributed by atoms with E-state index < -0.39 is 10.8 Å². The van der Waals surface area contributed by atoms with E-state index in [1.165, 1.54) is 0 Å². The Morgan fingerprint density at radius 1 is 1.33 bits per heavy atom. The van der Waals surface area contributed by atoms with Gasteiger partial charge in [-0.15, -0.1) is 0 Å². The number of ether oxygens (including phenoxy) is 1. The van der Waals surface area contributed by atoms with Crippen molar-refractivity contribution in [3.63, 3.8) is 0 Å². The van der Waals surface area contributed by atoms with E-state index in [9.17, 15) is 9.00 Å². The van der Waals surface area contributed by atoms with Crippen molar-refractivity contribution in [3.05, 3.63) is 34.3 Å². The summed E-state index contributed by atoms with van der Waals surface area (Å²) in [5.41, 5.74) is 0.609. The second kappa shape index (κ2) is 6.59. The lowest BCUT2D eigenvalue weighted by Crippen LogP contribution is -2.28. The molecule has 1 aromatic rings. The summed E-state index contributed by atoms with van der Waals surface area (Å²) >= 11 is 3.34. The van der Waals surface area contributed by atoms with Crippen LogP contribution in [0.1, 0.15) is 23.2 Å². The van der Waals surface area contributed by atoms with E-state index in [2.05, 4.69) is 15.9 Å². The molecule has 1 heterocycles. The Morgan fingerprint density at radius 3 is 2.67 bits per heavy atom. The van der Waals surface area contributed by atoms with Crippen molar-refractivity contribution in [2.45, 2.75) is 18.1 Å². The fourth-order valence-corrected chi connectivity index (χ4v) is 3.82. The van der Waals surface area contributed by atoms with Crippen molar-refractivity contribution in [2.24, 2.45) is 0 Å². The number of benzene rings is 1. The van der Waals surface area contributed by atoms with E-state index in [0.29, 0.717) is 18.8 Å². The van der Waals surface area contributed by atoms with Crippen LogP contribution in [0.25, 0.3) is 0 Å². The summed E-state index contributed by atoms with van der Waals surface area (Å²) in [5.74, 6) is 0.0418. The molecule has 2 rings (SSSR count). The van der Waals surface area contributed by atoms with Crippen LogP contribution in [0.5, 0.6) is 0 Å². The summed E-state index contributed by atoms with van der Waals surface area (Å²) in [6.07, 6.45) is 1.58. The van der Waals surface area contributed by atoms with Gasteiger partial charge in [0.1, 0.15) is 0 Å². The molecule has 1 unspecified atom stereocenters. The molecule has 0 saturated carbocycles. The van der Waals surface area contributed by atoms with E-state index in [0.717, 1.165) is 17.3 Å². The van der Waals surface area contributed by atoms with Gasteiger partial charge in [0.05, 0.1) is 5.75 Å². The third-order valence-corrected chi connectivity index (χ3v) is 5.44. The lowest BCUT2D eigenvalue weighted by molar-refractivity contribution is 0.0980. The molecule has 1 atom stereocenters. The molecule has 0 radical (unpaired) electrons. The van der Waals surface area contributed by atoms with Crippen LogP contribution in [0.4, 0.5) is 0 Å². The van der Waals surface area contributed by atoms with Crippen LogP contribution in [0, 0.1) is 0 Å². The topological polar surface area (TPSA) is 43.4 Å². The predicted molar refractivity (Wildman–Crippen MR) is 75.3 cm³/mol. The molecule has 18 heavy (non-hydrogen) atoms. The van der Waals surface area contributed by atoms with Crippen LogP contribution in [-0.4, -0.2) is 34.2 Å². The van der Waals surface area contributed by atoms with Crippen molar-refractivity contribution in [1.82, 2.24) is 0 Å². The van der Waals surface area contributed by atoms with E-state index >= 15 is 0 Å². The molecule has 1 aromatic carbocycles. The molecule has 1 aliphatic rings. The van der Waals surface area contributed by atoms with Gasteiger partial charge in [-0.2, -0.15) is 0 Å². The molecule has 5 heteroatoms. The quantitative estimate of drug-likeness (QED) is 0.797. The first-order valence-electron chi connectivity index (χ1n) is 5.91. The fraction of sp³-hybridized carbons (Fsp3) is 0.462. The first kappa shape index (κ1) is 13.9. The largest absolute Gasteiger partial charge is 0.381 e. The molecule has 1 saturated heterocycles. The normalized spacial score (nSPS) is 18.5. The Labute approximate surface area is 117 Å². The second-order valence-corrected chi connectivity index (χ2v) is 6.81. The molecule has 98 valence electrons. The van der Waals surface area contributed by atoms with E-state index in [1.54, 1.807) is 6.07 Å². The summed E-state index contributed by atoms with van der Waals surface area (Å²) in [7, 11) is -1.10. The van der Waals surface area contributed by atoms with Gasteiger partial charge in [0.2, 0.25) is 0 Å². The van der Waals surface area contributed by atoms with Crippen molar-refractivity contribution in [1.29, 1.82) is 0 Å². The van der Waals surface area contributed by atoms with Gasteiger partial charge in [-0.25, -0.2) is 0 Å². The smallest absolute Gasteiger partial charge is 0.176 e. The highest BCUT2D eigenvalue weighted by atomic mass is 79.9. The highest BCUT2D eigenvalue weighted by Gasteiger charge is 2.23. The summed E-state index contributed by atoms with van der Waals surface area (Å²) in [4.78, 5) is 12.1. The Balaban J connectivity index is 1.99. The minimum absolute atomic E-state index is 0.0627. The molecule has 0 aliphatic carbocycles. The minimum atomic E-state index is -1.10. The Bertz CT molecular complexity index is 455. The van der Waals surface area contributed by atoms with Gasteiger partial charge in [0.15, 0.2) is 5.78 Å². The summed E-state index contributed by atoms with van der Waals surface area (Å²) in [6, 6.07) is 7.25. The summed E-state index contributed by atoms with van der Waals surface area (Å²) < 4.78 is 18.1. The van der Waals surface area contributed by atoms with Gasteiger partial charge in [-0.3, -0.25) is 9.00 Å². The van der Waals surface area contributed by atoms with Gasteiger partial charge in [-0.05, 0) is 18.9 Å². The molecule has 1 aliphatic heterocycles. The Hall–Kier alpha value is -0.520. The van der Waals surface area contributed by atoms with E-state index in [4.69, 9.17) is 4.74 Å². The molecular formula is C13H15BrO3S. The number of carbonyl (C=O) groups is 1. The maximum Gasteiger partial charge on any atom is 0.176 e. The standard InChI is InChI=1S/C13H15BrO3S/c14-12-4-2-1-3-11(12)13(15)9-18(16)10-5-7-17-8-6-10/h1-4,10H,5-9H2. The predicted octanol–water partition coefficient (Wildman–Crippen LogP) is 2.56. The SMILES string of the molecule is O=C(CS(=O)C1CCOCC1)c1ccccc1Br. The number of hydrogen-bond donors (Lipinski definition) is 0. The second-order valence-electron chi connectivity index (χ2n) is 4.24. The molecule has 0 aromatic heterocycles. The third-order valence-electron chi connectivity index (χ3n) is 2.99. The number of ketones is 1.